The second-order valence-electron chi connectivity index (χ2n) is 2.83. The number of halogens is 2. The van der Waals surface area contributed by atoms with Gasteiger partial charge in [-0.15, -0.1) is 0 Å². The predicted molar refractivity (Wildman–Crippen MR) is 55.1 cm³/mol. The van der Waals surface area contributed by atoms with E-state index in [-0.39, 0.29) is 11.1 Å². The molecule has 0 aliphatic heterocycles. The molecule has 0 fully saturated rings. The molecular weight excluding hydrogens is 223 g/mol. The first-order valence-electron chi connectivity index (χ1n) is 3.92. The lowest BCUT2D eigenvalue weighted by Crippen LogP contribution is -1.83. The number of hydrogen-bond donors (Lipinski definition) is 0. The van der Waals surface area contributed by atoms with Crippen molar-refractivity contribution in [2.24, 2.45) is 0 Å². The van der Waals surface area contributed by atoms with Gasteiger partial charge in [0.05, 0.1) is 0 Å². The molecule has 1 aromatic heterocycles. The van der Waals surface area contributed by atoms with Crippen LogP contribution in [0.2, 0.25) is 5.28 Å². The Hall–Kier alpha value is -1.00. The highest BCUT2D eigenvalue weighted by atomic mass is 35.5. The zero-order chi connectivity index (χ0) is 10.1. The van der Waals surface area contributed by atoms with Crippen LogP contribution < -0.4 is 0 Å². The van der Waals surface area contributed by atoms with E-state index >= 15 is 0 Å². The maximum Gasteiger partial charge on any atom is 0.234 e. The Morgan fingerprint density at radius 1 is 1.43 bits per heavy atom. The first-order chi connectivity index (χ1) is 6.66. The van der Waals surface area contributed by atoms with Crippen LogP contribution in [0.5, 0.6) is 0 Å². The Balaban J connectivity index is 2.47. The van der Waals surface area contributed by atoms with Gasteiger partial charge in [0.1, 0.15) is 10.8 Å². The van der Waals surface area contributed by atoms with Crippen LogP contribution in [0.3, 0.4) is 0 Å². The van der Waals surface area contributed by atoms with Crippen LogP contribution >= 0.6 is 23.1 Å². The van der Waals surface area contributed by atoms with Gasteiger partial charge >= 0.3 is 0 Å². The summed E-state index contributed by atoms with van der Waals surface area (Å²) in [6.45, 7) is 1.71. The normalized spacial score (nSPS) is 10.5. The van der Waals surface area contributed by atoms with Crippen molar-refractivity contribution in [1.82, 2.24) is 9.36 Å². The smallest absolute Gasteiger partial charge is 0.207 e. The van der Waals surface area contributed by atoms with E-state index in [1.165, 1.54) is 6.07 Å². The molecule has 0 amide bonds. The van der Waals surface area contributed by atoms with Crippen molar-refractivity contribution in [3.8, 4) is 10.6 Å². The molecule has 2 nitrogen and oxygen atoms in total. The lowest BCUT2D eigenvalue weighted by atomic mass is 10.1. The molecule has 14 heavy (non-hydrogen) atoms. The maximum atomic E-state index is 13.2. The standard InChI is InChI=1S/C9H6ClFN2S/c1-5-2-3-6(4-7(5)11)8-12-9(10)13-14-8/h2-4H,1H3. The molecule has 2 rings (SSSR count). The largest absolute Gasteiger partial charge is 0.234 e. The third kappa shape index (κ3) is 1.76. The first kappa shape index (κ1) is 9.55. The van der Waals surface area contributed by atoms with E-state index in [0.29, 0.717) is 16.1 Å². The topological polar surface area (TPSA) is 25.8 Å². The fourth-order valence-corrected chi connectivity index (χ4v) is 1.85. The van der Waals surface area contributed by atoms with E-state index in [1.54, 1.807) is 19.1 Å². The highest BCUT2D eigenvalue weighted by Crippen LogP contribution is 2.24. The summed E-state index contributed by atoms with van der Waals surface area (Å²) in [5.41, 5.74) is 1.32. The summed E-state index contributed by atoms with van der Waals surface area (Å²) in [5, 5.41) is 0.833. The first-order valence-corrected chi connectivity index (χ1v) is 5.07. The molecule has 1 heterocycles. The molecule has 0 spiro atoms. The van der Waals surface area contributed by atoms with Gasteiger partial charge in [-0.2, -0.15) is 4.37 Å². The summed E-state index contributed by atoms with van der Waals surface area (Å²) < 4.78 is 17.0. The Kier molecular flexibility index (Phi) is 2.48. The molecule has 0 N–H and O–H groups in total. The van der Waals surface area contributed by atoms with Crippen LogP contribution in [-0.2, 0) is 0 Å². The van der Waals surface area contributed by atoms with Crippen LogP contribution in [0.4, 0.5) is 4.39 Å². The lowest BCUT2D eigenvalue weighted by molar-refractivity contribution is 0.619. The summed E-state index contributed by atoms with van der Waals surface area (Å²) in [5.74, 6) is -0.242. The number of nitrogens with zero attached hydrogens (tertiary/aromatic N) is 2. The van der Waals surface area contributed by atoms with Crippen LogP contribution in [0.1, 0.15) is 5.56 Å². The Morgan fingerprint density at radius 2 is 2.21 bits per heavy atom. The van der Waals surface area contributed by atoms with E-state index in [2.05, 4.69) is 9.36 Å². The fourth-order valence-electron chi connectivity index (χ4n) is 1.05. The molecule has 0 radical (unpaired) electrons. The van der Waals surface area contributed by atoms with E-state index < -0.39 is 0 Å². The van der Waals surface area contributed by atoms with Crippen LogP contribution in [0.15, 0.2) is 18.2 Å². The molecule has 72 valence electrons. The third-order valence-electron chi connectivity index (χ3n) is 1.82. The van der Waals surface area contributed by atoms with Crippen LogP contribution in [0.25, 0.3) is 10.6 Å². The minimum atomic E-state index is -0.242. The van der Waals surface area contributed by atoms with E-state index in [9.17, 15) is 4.39 Å². The molecule has 2 aromatic rings. The average molecular weight is 229 g/mol. The van der Waals surface area contributed by atoms with Crippen molar-refractivity contribution >= 4 is 23.1 Å². The van der Waals surface area contributed by atoms with Gasteiger partial charge in [-0.1, -0.05) is 12.1 Å². The number of hydrogen-bond acceptors (Lipinski definition) is 3. The van der Waals surface area contributed by atoms with E-state index in [1.807, 2.05) is 0 Å². The van der Waals surface area contributed by atoms with Crippen molar-refractivity contribution < 1.29 is 4.39 Å². The molecule has 0 unspecified atom stereocenters. The van der Waals surface area contributed by atoms with Crippen molar-refractivity contribution in [3.05, 3.63) is 34.9 Å². The predicted octanol–water partition coefficient (Wildman–Crippen LogP) is 3.31. The zero-order valence-corrected chi connectivity index (χ0v) is 8.86. The van der Waals surface area contributed by atoms with Crippen molar-refractivity contribution in [2.45, 2.75) is 6.92 Å². The molecule has 0 atom stereocenters. The van der Waals surface area contributed by atoms with Gasteiger partial charge < -0.3 is 0 Å². The van der Waals surface area contributed by atoms with E-state index in [4.69, 9.17) is 11.6 Å². The molecule has 0 saturated heterocycles. The summed E-state index contributed by atoms with van der Waals surface area (Å²) in [6, 6.07) is 4.95. The molecule has 0 aliphatic rings. The molecule has 0 aliphatic carbocycles. The van der Waals surface area contributed by atoms with E-state index in [0.717, 1.165) is 11.5 Å². The fraction of sp³-hybridized carbons (Fsp3) is 0.111. The van der Waals surface area contributed by atoms with Gasteiger partial charge in [-0.25, -0.2) is 9.37 Å². The number of aryl methyl sites for hydroxylation is 1. The third-order valence-corrected chi connectivity index (χ3v) is 2.85. The molecule has 5 heteroatoms. The number of rotatable bonds is 1. The van der Waals surface area contributed by atoms with Gasteiger partial charge in [0.2, 0.25) is 5.28 Å². The Labute approximate surface area is 89.5 Å². The number of benzene rings is 1. The molecular formula is C9H6ClFN2S. The summed E-state index contributed by atoms with van der Waals surface area (Å²) in [4.78, 5) is 3.96. The van der Waals surface area contributed by atoms with Gasteiger partial charge in [0.25, 0.3) is 0 Å². The summed E-state index contributed by atoms with van der Waals surface area (Å²) in [7, 11) is 0. The van der Waals surface area contributed by atoms with Crippen LogP contribution in [-0.4, -0.2) is 9.36 Å². The van der Waals surface area contributed by atoms with Gasteiger partial charge in [-0.3, -0.25) is 0 Å². The highest BCUT2D eigenvalue weighted by molar-refractivity contribution is 7.09. The van der Waals surface area contributed by atoms with Gasteiger partial charge in [-0.05, 0) is 41.7 Å². The Morgan fingerprint density at radius 3 is 2.79 bits per heavy atom. The van der Waals surface area contributed by atoms with Crippen molar-refractivity contribution in [2.75, 3.05) is 0 Å². The zero-order valence-electron chi connectivity index (χ0n) is 7.29. The lowest BCUT2D eigenvalue weighted by Gasteiger charge is -1.98. The molecule has 0 saturated carbocycles. The van der Waals surface area contributed by atoms with Crippen LogP contribution in [0, 0.1) is 12.7 Å². The summed E-state index contributed by atoms with van der Waals surface area (Å²) in [6.07, 6.45) is 0. The quantitative estimate of drug-likeness (QED) is 0.749. The molecule has 0 bridgehead atoms. The van der Waals surface area contributed by atoms with Gasteiger partial charge in [0.15, 0.2) is 0 Å². The SMILES string of the molecule is Cc1ccc(-c2nc(Cl)ns2)cc1F. The van der Waals surface area contributed by atoms with Crippen molar-refractivity contribution in [3.63, 3.8) is 0 Å². The highest BCUT2D eigenvalue weighted by Gasteiger charge is 2.06. The van der Waals surface area contributed by atoms with Gasteiger partial charge in [0, 0.05) is 5.56 Å². The van der Waals surface area contributed by atoms with Crippen molar-refractivity contribution in [1.29, 1.82) is 0 Å². The minimum Gasteiger partial charge on any atom is -0.207 e. The maximum absolute atomic E-state index is 13.2. The Bertz CT molecular complexity index is 470. The second kappa shape index (κ2) is 3.63. The molecule has 1 aromatic carbocycles. The monoisotopic (exact) mass is 228 g/mol. The second-order valence-corrected chi connectivity index (χ2v) is 3.92. The number of aromatic nitrogens is 2. The minimum absolute atomic E-state index is 0.200. The average Bonchev–Trinajstić information content (AvgIpc) is 2.57. The summed E-state index contributed by atoms with van der Waals surface area (Å²) >= 11 is 6.73.